The van der Waals surface area contributed by atoms with Crippen molar-refractivity contribution in [2.75, 3.05) is 26.4 Å². The van der Waals surface area contributed by atoms with Gasteiger partial charge in [-0.2, -0.15) is 5.26 Å². The highest BCUT2D eigenvalue weighted by Gasteiger charge is 2.65. The highest BCUT2D eigenvalue weighted by molar-refractivity contribution is 8.07. The number of Topliss-reactive ketones (excluding diaryl/α,β-unsaturated/α-hetero) is 2. The predicted molar refractivity (Wildman–Crippen MR) is 224 cm³/mol. The Morgan fingerprint density at radius 1 is 0.908 bits per heavy atom. The van der Waals surface area contributed by atoms with Crippen molar-refractivity contribution < 1.29 is 60.9 Å². The van der Waals surface area contributed by atoms with Crippen LogP contribution >= 0.6 is 15.0 Å². The first-order valence-corrected chi connectivity index (χ1v) is 23.7. The number of fused-ring (bicyclic) bond motifs is 4. The maximum absolute atomic E-state index is 16.4. The number of aliphatic hydroxyl groups is 1. The van der Waals surface area contributed by atoms with E-state index >= 15 is 4.39 Å². The molecule has 7 heterocycles. The molecule has 2 aromatic carbocycles. The normalized spacial score (nSPS) is 26.1. The Morgan fingerprint density at radius 2 is 1.49 bits per heavy atom. The molecular weight excluding hydrogens is 912 g/mol. The van der Waals surface area contributed by atoms with Gasteiger partial charge in [0.1, 0.15) is 47.6 Å². The Morgan fingerprint density at radius 3 is 2.05 bits per heavy atom. The summed E-state index contributed by atoms with van der Waals surface area (Å²) >= 11 is 5.86. The number of hydrogen-bond acceptors (Lipinski definition) is 19. The third-order valence-electron chi connectivity index (χ3n) is 11.1. The lowest BCUT2D eigenvalue weighted by molar-refractivity contribution is -0.185. The van der Waals surface area contributed by atoms with Crippen LogP contribution in [0, 0.1) is 11.3 Å². The van der Waals surface area contributed by atoms with Gasteiger partial charge >= 0.3 is 15.0 Å². The van der Waals surface area contributed by atoms with E-state index in [0.717, 1.165) is 0 Å². The highest BCUT2D eigenvalue weighted by atomic mass is 32.5. The molecule has 10 atom stereocenters. The fourth-order valence-corrected chi connectivity index (χ4v) is 10.5. The molecule has 3 aliphatic heterocycles. The van der Waals surface area contributed by atoms with Gasteiger partial charge in [0.15, 0.2) is 47.6 Å². The van der Waals surface area contributed by atoms with Crippen molar-refractivity contribution in [2.45, 2.75) is 67.9 Å². The van der Waals surface area contributed by atoms with Crippen LogP contribution in [-0.4, -0.2) is 123 Å². The number of nitrogens with zero attached hydrogens (tertiary/aromatic N) is 9. The third kappa shape index (κ3) is 8.89. The lowest BCUT2D eigenvalue weighted by atomic mass is 10.0. The van der Waals surface area contributed by atoms with Crippen molar-refractivity contribution in [3.63, 3.8) is 0 Å². The minimum absolute atomic E-state index is 0.0565. The number of nitriles is 1. The summed E-state index contributed by atoms with van der Waals surface area (Å²) in [6, 6.07) is 19.3. The monoisotopic (exact) mass is 948 g/mol. The molecule has 3 saturated heterocycles. The average molecular weight is 949 g/mol. The lowest BCUT2D eigenvalue weighted by Gasteiger charge is -2.31. The fourth-order valence-electron chi connectivity index (χ4n) is 7.97. The van der Waals surface area contributed by atoms with Gasteiger partial charge in [0.25, 0.3) is 0 Å². The van der Waals surface area contributed by atoms with Gasteiger partial charge in [-0.25, -0.2) is 34.3 Å². The molecule has 0 amide bonds. The van der Waals surface area contributed by atoms with Crippen LogP contribution < -0.4 is 0 Å². The summed E-state index contributed by atoms with van der Waals surface area (Å²) in [7, 11) is -3.36. The second-order valence-electron chi connectivity index (χ2n) is 15.1. The number of imidazole rings is 2. The van der Waals surface area contributed by atoms with Gasteiger partial charge in [0.05, 0.1) is 75.8 Å². The van der Waals surface area contributed by atoms with Crippen molar-refractivity contribution in [1.29, 1.82) is 5.26 Å². The summed E-state index contributed by atoms with van der Waals surface area (Å²) in [6.07, 6.45) is -5.04. The molecule has 2 unspecified atom stereocenters. The topological polar surface area (TPSA) is 267 Å². The van der Waals surface area contributed by atoms with E-state index < -0.39 is 76.8 Å². The van der Waals surface area contributed by atoms with Gasteiger partial charge in [-0.15, -0.1) is 9.42 Å². The molecule has 65 heavy (non-hydrogen) atoms. The predicted octanol–water partition coefficient (Wildman–Crippen LogP) is 4.00. The van der Waals surface area contributed by atoms with Gasteiger partial charge in [0.2, 0.25) is 0 Å². The molecule has 21 nitrogen and oxygen atoms in total. The summed E-state index contributed by atoms with van der Waals surface area (Å²) in [5.41, 5.74) is 1.05. The van der Waals surface area contributed by atoms with Crippen LogP contribution in [0.1, 0.15) is 51.0 Å². The number of benzene rings is 2. The number of carbonyl (C=O) groups is 2. The second-order valence-corrected chi connectivity index (χ2v) is 18.7. The Balaban J connectivity index is 0.946. The first kappa shape index (κ1) is 44.9. The molecule has 0 radical (unpaired) electrons. The van der Waals surface area contributed by atoms with Crippen molar-refractivity contribution in [2.24, 2.45) is 0 Å². The van der Waals surface area contributed by atoms with Crippen LogP contribution in [0.3, 0.4) is 0 Å². The Hall–Kier alpha value is -5.31. The number of aliphatic hydroxyl groups excluding tert-OH is 1. The number of rotatable bonds is 19. The van der Waals surface area contributed by atoms with Crippen LogP contribution in [0.25, 0.3) is 22.3 Å². The smallest absolute Gasteiger partial charge is 0.393 e. The molecule has 6 aromatic rings. The summed E-state index contributed by atoms with van der Waals surface area (Å²) < 4.78 is 73.5. The standard InChI is InChI=1S/C40H36FN9O12P2S/c41-30-33(61-63(54)55)29(59-38(30)49-21-47-31-25(43-19-45-36(31)49)14-27(52)23-8-3-1-4-9-23)16-58-64(65,57-13-7-12-42)62-35-34-39(60-40(35,17-51)18-56-34)50-22-48-32-26(44-20-46-37(32)50)15-28(53)24-10-5-2-6-11-24/h1-6,8-11,19-22,29-30,33-35,38-39,51H,7,13-18H2/p+1/t29-,30-,33-,34-,35+,38-,39-,40-,64?/m1/s1. The lowest BCUT2D eigenvalue weighted by Crippen LogP contribution is -2.45. The molecule has 9 rings (SSSR count). The van der Waals surface area contributed by atoms with Crippen molar-refractivity contribution in [3.8, 4) is 6.07 Å². The van der Waals surface area contributed by atoms with E-state index in [9.17, 15) is 29.4 Å². The Bertz CT molecular complexity index is 2840. The quantitative estimate of drug-likeness (QED) is 0.0660. The molecule has 336 valence electrons. The largest absolute Gasteiger partial charge is 0.695 e. The van der Waals surface area contributed by atoms with E-state index in [2.05, 4.69) is 29.9 Å². The Kier molecular flexibility index (Phi) is 13.0. The molecule has 3 fully saturated rings. The van der Waals surface area contributed by atoms with Gasteiger partial charge in [-0.3, -0.25) is 23.2 Å². The number of alkyl halides is 1. The van der Waals surface area contributed by atoms with Crippen molar-refractivity contribution in [3.05, 3.63) is 108 Å². The highest BCUT2D eigenvalue weighted by Crippen LogP contribution is 2.58. The zero-order chi connectivity index (χ0) is 45.3. The maximum atomic E-state index is 16.4. The van der Waals surface area contributed by atoms with E-state index in [1.54, 1.807) is 59.2 Å². The van der Waals surface area contributed by atoms with Gasteiger partial charge in [-0.05, 0) is 11.8 Å². The van der Waals surface area contributed by atoms with Crippen LogP contribution in [0.15, 0.2) is 86.0 Å². The van der Waals surface area contributed by atoms with E-state index in [1.807, 2.05) is 12.1 Å². The minimum atomic E-state index is -4.03. The summed E-state index contributed by atoms with van der Waals surface area (Å²) in [6.45, 7) is -5.65. The van der Waals surface area contributed by atoms with E-state index in [1.165, 1.54) is 29.9 Å². The maximum Gasteiger partial charge on any atom is 0.695 e. The van der Waals surface area contributed by atoms with Crippen molar-refractivity contribution >= 4 is 60.7 Å². The number of hydrogen-bond donors (Lipinski definition) is 2. The second kappa shape index (κ2) is 18.9. The van der Waals surface area contributed by atoms with Gasteiger partial charge in [-0.1, -0.05) is 60.7 Å². The molecule has 3 aliphatic rings. The molecule has 0 aliphatic carbocycles. The molecule has 2 bridgehead atoms. The molecule has 25 heteroatoms. The summed E-state index contributed by atoms with van der Waals surface area (Å²) in [5, 5.41) is 20.1. The fraction of sp³-hybridized carbons (Fsp3) is 0.375. The molecule has 4 aromatic heterocycles. The van der Waals surface area contributed by atoms with Crippen LogP contribution in [-0.2, 0) is 61.5 Å². The average Bonchev–Trinajstić information content (AvgIpc) is 4.15. The van der Waals surface area contributed by atoms with Crippen LogP contribution in [0.2, 0.25) is 0 Å². The third-order valence-corrected chi connectivity index (χ3v) is 13.9. The zero-order valence-corrected chi connectivity index (χ0v) is 36.4. The zero-order valence-electron chi connectivity index (χ0n) is 33.8. The summed E-state index contributed by atoms with van der Waals surface area (Å²) in [5.74, 6) is -0.408. The number of ketones is 2. The number of halogens is 1. The van der Waals surface area contributed by atoms with Crippen LogP contribution in [0.5, 0.6) is 0 Å². The molecule has 0 saturated carbocycles. The van der Waals surface area contributed by atoms with E-state index in [-0.39, 0.29) is 60.9 Å². The molecule has 2 N–H and O–H groups in total. The Labute approximate surface area is 373 Å². The van der Waals surface area contributed by atoms with Crippen molar-refractivity contribution in [1.82, 2.24) is 39.0 Å². The van der Waals surface area contributed by atoms with Gasteiger partial charge in [0, 0.05) is 15.7 Å². The first-order valence-electron chi connectivity index (χ1n) is 20.0. The SMILES string of the molecule is N#CCCOP(=S)(OC[C@H]1O[C@@H](n2cnc3c(CC(=O)c4ccccc4)ncnc32)[C@H](F)[C@@H]1O[P+](=O)O)O[C@H]1[C@H]2OC[C@@]1(CO)O[C@H]2n1cnc2c(CC(=O)c3ccccc3)ncnc21. The summed E-state index contributed by atoms with van der Waals surface area (Å²) in [4.78, 5) is 62.0. The van der Waals surface area contributed by atoms with Crippen LogP contribution in [0.4, 0.5) is 4.39 Å². The molecule has 0 spiro atoms. The van der Waals surface area contributed by atoms with E-state index in [0.29, 0.717) is 28.0 Å². The number of ether oxygens (including phenoxy) is 3. The first-order chi connectivity index (χ1) is 31.5. The number of carbonyl (C=O) groups excluding carboxylic acids is 2. The van der Waals surface area contributed by atoms with Gasteiger partial charge < -0.3 is 28.4 Å². The number of aromatic nitrogens is 8. The van der Waals surface area contributed by atoms with E-state index in [4.69, 9.17) is 44.1 Å². The molecular formula is C40H37FN9O12P2S+. The minimum Gasteiger partial charge on any atom is -0.393 e.